The van der Waals surface area contributed by atoms with Gasteiger partial charge in [-0.1, -0.05) is 29.8 Å². The van der Waals surface area contributed by atoms with Gasteiger partial charge >= 0.3 is 0 Å². The highest BCUT2D eigenvalue weighted by atomic mass is 32.2. The van der Waals surface area contributed by atoms with Gasteiger partial charge in [0.1, 0.15) is 11.6 Å². The summed E-state index contributed by atoms with van der Waals surface area (Å²) in [6.45, 7) is 1.78. The van der Waals surface area contributed by atoms with E-state index in [0.29, 0.717) is 5.76 Å². The molecule has 0 aliphatic rings. The van der Waals surface area contributed by atoms with Crippen LogP contribution in [0, 0.1) is 12.7 Å². The molecule has 1 amide bonds. The van der Waals surface area contributed by atoms with Crippen molar-refractivity contribution in [3.8, 4) is 0 Å². The Morgan fingerprint density at radius 1 is 0.968 bits per heavy atom. The van der Waals surface area contributed by atoms with Gasteiger partial charge in [-0.05, 0) is 55.5 Å². The third-order valence-corrected chi connectivity index (χ3v) is 6.31. The first-order chi connectivity index (χ1) is 14.9. The quantitative estimate of drug-likeness (QED) is 0.422. The van der Waals surface area contributed by atoms with Gasteiger partial charge in [-0.2, -0.15) is 0 Å². The zero-order valence-corrected chi connectivity index (χ0v) is 17.3. The van der Waals surface area contributed by atoms with E-state index in [1.165, 1.54) is 48.7 Å². The van der Waals surface area contributed by atoms with Crippen LogP contribution in [0.2, 0.25) is 0 Å². The predicted octanol–water partition coefficient (Wildman–Crippen LogP) is 5.00. The van der Waals surface area contributed by atoms with Crippen LogP contribution in [0.15, 0.2) is 97.9 Å². The second-order valence-corrected chi connectivity index (χ2v) is 8.74. The first-order valence-corrected chi connectivity index (χ1v) is 10.8. The number of halogens is 1. The van der Waals surface area contributed by atoms with Gasteiger partial charge in [0, 0.05) is 0 Å². The number of hydrogen-bond acceptors (Lipinski definition) is 5. The first kappa shape index (κ1) is 20.6. The van der Waals surface area contributed by atoms with Crippen molar-refractivity contribution in [2.45, 2.75) is 23.5 Å². The number of rotatable bonds is 6. The van der Waals surface area contributed by atoms with E-state index in [0.717, 1.165) is 10.5 Å². The summed E-state index contributed by atoms with van der Waals surface area (Å²) in [5.74, 6) is -1.12. The van der Waals surface area contributed by atoms with Crippen LogP contribution < -0.4 is 4.90 Å². The Bertz CT molecular complexity index is 1310. The number of anilines is 1. The Morgan fingerprint density at radius 2 is 1.71 bits per heavy atom. The fourth-order valence-electron chi connectivity index (χ4n) is 3.04. The second-order valence-electron chi connectivity index (χ2n) is 6.86. The smallest absolute Gasteiger partial charge is 0.294 e. The molecule has 0 unspecified atom stereocenters. The molecule has 0 saturated heterocycles. The summed E-state index contributed by atoms with van der Waals surface area (Å²) in [5, 5.41) is -0.369. The molecule has 0 radical (unpaired) electrons. The maximum Gasteiger partial charge on any atom is 0.294 e. The lowest BCUT2D eigenvalue weighted by Crippen LogP contribution is -2.30. The predicted molar refractivity (Wildman–Crippen MR) is 111 cm³/mol. The first-order valence-electron chi connectivity index (χ1n) is 9.36. The summed E-state index contributed by atoms with van der Waals surface area (Å²) >= 11 is 0. The van der Waals surface area contributed by atoms with Crippen LogP contribution in [0.4, 0.5) is 10.1 Å². The number of para-hydroxylation sites is 1. The number of amides is 1. The standard InChI is InChI=1S/C23H18FNO5S/c1-16-8-10-18(11-9-16)31(27,28)22-13-12-21(30-22)23(26)25(15-17-5-4-14-29-17)20-7-3-2-6-19(20)24/h2-14H,15H2,1H3. The van der Waals surface area contributed by atoms with Crippen molar-refractivity contribution in [1.82, 2.24) is 0 Å². The molecule has 0 atom stereocenters. The fourth-order valence-corrected chi connectivity index (χ4v) is 4.21. The largest absolute Gasteiger partial charge is 0.467 e. The lowest BCUT2D eigenvalue weighted by atomic mass is 10.2. The van der Waals surface area contributed by atoms with E-state index < -0.39 is 21.6 Å². The highest BCUT2D eigenvalue weighted by molar-refractivity contribution is 7.91. The molecule has 8 heteroatoms. The number of hydrogen-bond donors (Lipinski definition) is 0. The van der Waals surface area contributed by atoms with Gasteiger partial charge in [0.2, 0.25) is 14.9 Å². The maximum absolute atomic E-state index is 14.4. The molecule has 0 saturated carbocycles. The van der Waals surface area contributed by atoms with E-state index >= 15 is 0 Å². The SMILES string of the molecule is Cc1ccc(S(=O)(=O)c2ccc(C(=O)N(Cc3ccco3)c3ccccc3F)o2)cc1. The molecule has 0 N–H and O–H groups in total. The molecule has 31 heavy (non-hydrogen) atoms. The van der Waals surface area contributed by atoms with Crippen LogP contribution >= 0.6 is 0 Å². The van der Waals surface area contributed by atoms with Crippen LogP contribution in [0.3, 0.4) is 0 Å². The number of nitrogens with zero attached hydrogens (tertiary/aromatic N) is 1. The minimum Gasteiger partial charge on any atom is -0.467 e. The van der Waals surface area contributed by atoms with Gasteiger partial charge in [-0.3, -0.25) is 9.69 Å². The van der Waals surface area contributed by atoms with E-state index in [2.05, 4.69) is 0 Å². The van der Waals surface area contributed by atoms with Crippen LogP contribution in [0.1, 0.15) is 21.9 Å². The molecule has 0 spiro atoms. The monoisotopic (exact) mass is 439 g/mol. The topological polar surface area (TPSA) is 80.7 Å². The maximum atomic E-state index is 14.4. The number of carbonyl (C=O) groups is 1. The van der Waals surface area contributed by atoms with Crippen molar-refractivity contribution in [2.75, 3.05) is 4.90 Å². The summed E-state index contributed by atoms with van der Waals surface area (Å²) in [7, 11) is -3.95. The van der Waals surface area contributed by atoms with E-state index in [-0.39, 0.29) is 28.0 Å². The zero-order chi connectivity index (χ0) is 22.0. The molecule has 0 aliphatic heterocycles. The Balaban J connectivity index is 1.69. The number of sulfone groups is 1. The molecule has 6 nitrogen and oxygen atoms in total. The van der Waals surface area contributed by atoms with Crippen molar-refractivity contribution in [1.29, 1.82) is 0 Å². The van der Waals surface area contributed by atoms with E-state index in [4.69, 9.17) is 8.83 Å². The van der Waals surface area contributed by atoms with Gasteiger partial charge < -0.3 is 8.83 Å². The van der Waals surface area contributed by atoms with Crippen molar-refractivity contribution >= 4 is 21.4 Å². The van der Waals surface area contributed by atoms with Crippen molar-refractivity contribution < 1.29 is 26.4 Å². The lowest BCUT2D eigenvalue weighted by Gasteiger charge is -2.21. The molecule has 2 aromatic heterocycles. The Kier molecular flexibility index (Phi) is 5.48. The van der Waals surface area contributed by atoms with Crippen LogP contribution in [0.25, 0.3) is 0 Å². The van der Waals surface area contributed by atoms with E-state index in [9.17, 15) is 17.6 Å². The van der Waals surface area contributed by atoms with Gasteiger partial charge in [0.25, 0.3) is 5.91 Å². The minimum atomic E-state index is -3.95. The number of benzene rings is 2. The summed E-state index contributed by atoms with van der Waals surface area (Å²) in [6.07, 6.45) is 1.44. The van der Waals surface area contributed by atoms with Crippen LogP contribution in [-0.2, 0) is 16.4 Å². The summed E-state index contributed by atoms with van der Waals surface area (Å²) in [4.78, 5) is 14.4. The van der Waals surface area contributed by atoms with Crippen molar-refractivity contribution in [3.05, 3.63) is 102 Å². The molecule has 2 aromatic carbocycles. The van der Waals surface area contributed by atoms with Gasteiger partial charge in [-0.25, -0.2) is 12.8 Å². The normalized spacial score (nSPS) is 11.4. The van der Waals surface area contributed by atoms with Gasteiger partial charge in [0.15, 0.2) is 5.76 Å². The highest BCUT2D eigenvalue weighted by Gasteiger charge is 2.28. The molecular weight excluding hydrogens is 421 g/mol. The fraction of sp³-hybridized carbons (Fsp3) is 0.0870. The average Bonchev–Trinajstić information content (AvgIpc) is 3.45. The lowest BCUT2D eigenvalue weighted by molar-refractivity contribution is 0.0950. The Labute approximate surface area is 178 Å². The van der Waals surface area contributed by atoms with Crippen molar-refractivity contribution in [2.24, 2.45) is 0 Å². The van der Waals surface area contributed by atoms with Crippen molar-refractivity contribution in [3.63, 3.8) is 0 Å². The molecule has 0 fully saturated rings. The summed E-state index contributed by atoms with van der Waals surface area (Å²) in [5.41, 5.74) is 0.927. The summed E-state index contributed by atoms with van der Waals surface area (Å²) in [6, 6.07) is 17.8. The molecule has 158 valence electrons. The van der Waals surface area contributed by atoms with Crippen LogP contribution in [-0.4, -0.2) is 14.3 Å². The number of aryl methyl sites for hydroxylation is 1. The molecule has 2 heterocycles. The second kappa shape index (κ2) is 8.23. The summed E-state index contributed by atoms with van der Waals surface area (Å²) < 4.78 is 50.8. The third-order valence-electron chi connectivity index (χ3n) is 4.67. The number of carbonyl (C=O) groups excluding carboxylic acids is 1. The van der Waals surface area contributed by atoms with Gasteiger partial charge in [0.05, 0.1) is 23.4 Å². The van der Waals surface area contributed by atoms with E-state index in [1.54, 1.807) is 30.3 Å². The Hall–Kier alpha value is -3.65. The molecule has 4 rings (SSSR count). The zero-order valence-electron chi connectivity index (χ0n) is 16.5. The Morgan fingerprint density at radius 3 is 2.39 bits per heavy atom. The highest BCUT2D eigenvalue weighted by Crippen LogP contribution is 2.27. The van der Waals surface area contributed by atoms with E-state index in [1.807, 2.05) is 6.92 Å². The molecule has 0 bridgehead atoms. The average molecular weight is 439 g/mol. The molecular formula is C23H18FNO5S. The molecule has 0 aliphatic carbocycles. The molecule has 4 aromatic rings. The third kappa shape index (κ3) is 4.15. The minimum absolute atomic E-state index is 0.0169. The number of furan rings is 2. The van der Waals surface area contributed by atoms with Crippen LogP contribution in [0.5, 0.6) is 0 Å². The van der Waals surface area contributed by atoms with Gasteiger partial charge in [-0.15, -0.1) is 0 Å².